The number of rotatable bonds is 6. The third kappa shape index (κ3) is 3.52. The summed E-state index contributed by atoms with van der Waals surface area (Å²) in [6, 6.07) is 0.699. The number of hydrogen-bond donors (Lipinski definition) is 3. The highest BCUT2D eigenvalue weighted by atomic mass is 19.1. The van der Waals surface area contributed by atoms with Crippen LogP contribution in [0.25, 0.3) is 0 Å². The largest absolute Gasteiger partial charge is 0.396 e. The summed E-state index contributed by atoms with van der Waals surface area (Å²) in [6.07, 6.45) is 1.21. The van der Waals surface area contributed by atoms with Gasteiger partial charge in [-0.25, -0.2) is 13.8 Å². The predicted molar refractivity (Wildman–Crippen MR) is 63.1 cm³/mol. The maximum absolute atomic E-state index is 13.4. The lowest BCUT2D eigenvalue weighted by atomic mass is 10.1. The van der Waals surface area contributed by atoms with Crippen LogP contribution >= 0.6 is 0 Å². The van der Waals surface area contributed by atoms with E-state index in [1.807, 2.05) is 6.92 Å². The lowest BCUT2D eigenvalue weighted by molar-refractivity contribution is 0.278. The Balaban J connectivity index is 2.89. The van der Waals surface area contributed by atoms with Crippen molar-refractivity contribution in [2.24, 2.45) is 0 Å². The Morgan fingerprint density at radius 1 is 1.35 bits per heavy atom. The fourth-order valence-corrected chi connectivity index (χ4v) is 1.47. The molecular formula is C11H17F2N3O. The molecule has 1 aromatic heterocycles. The monoisotopic (exact) mass is 245 g/mol. The van der Waals surface area contributed by atoms with Crippen LogP contribution in [0.4, 0.5) is 20.4 Å². The zero-order valence-corrected chi connectivity index (χ0v) is 9.93. The van der Waals surface area contributed by atoms with Gasteiger partial charge in [0.15, 0.2) is 23.3 Å². The van der Waals surface area contributed by atoms with E-state index >= 15 is 0 Å². The highest BCUT2D eigenvalue weighted by molar-refractivity contribution is 5.47. The summed E-state index contributed by atoms with van der Waals surface area (Å²) in [7, 11) is 1.51. The molecule has 0 aromatic carbocycles. The number of aliphatic hydroxyl groups is 1. The molecule has 0 aliphatic carbocycles. The van der Waals surface area contributed by atoms with E-state index < -0.39 is 11.6 Å². The predicted octanol–water partition coefficient (Wildman–Crippen LogP) is 1.97. The van der Waals surface area contributed by atoms with Crippen LogP contribution in [-0.4, -0.2) is 29.8 Å². The number of nitrogens with one attached hydrogen (secondary N) is 2. The second-order valence-electron chi connectivity index (χ2n) is 3.66. The molecule has 1 aromatic rings. The van der Waals surface area contributed by atoms with E-state index in [4.69, 9.17) is 5.11 Å². The highest BCUT2D eigenvalue weighted by Crippen LogP contribution is 2.20. The van der Waals surface area contributed by atoms with Crippen molar-refractivity contribution in [1.29, 1.82) is 0 Å². The Bertz CT molecular complexity index is 374. The van der Waals surface area contributed by atoms with Crippen molar-refractivity contribution in [3.8, 4) is 0 Å². The van der Waals surface area contributed by atoms with Gasteiger partial charge in [-0.15, -0.1) is 0 Å². The first-order chi connectivity index (χ1) is 8.12. The molecule has 96 valence electrons. The standard InChI is InChI=1S/C11H17F2N3O/c1-3-7(4-5-17)15-11-9(13)6-8(12)10(14-2)16-11/h6-7,17H,3-5H2,1-2H3,(H2,14,15,16). The molecule has 1 unspecified atom stereocenters. The van der Waals surface area contributed by atoms with Crippen molar-refractivity contribution in [2.45, 2.75) is 25.8 Å². The number of halogens is 2. The molecule has 1 rings (SSSR count). The second-order valence-corrected chi connectivity index (χ2v) is 3.66. The lowest BCUT2D eigenvalue weighted by Gasteiger charge is -2.17. The van der Waals surface area contributed by atoms with Crippen LogP contribution in [0.3, 0.4) is 0 Å². The molecule has 0 bridgehead atoms. The number of pyridine rings is 1. The summed E-state index contributed by atoms with van der Waals surface area (Å²) in [5.41, 5.74) is 0. The van der Waals surface area contributed by atoms with E-state index in [1.165, 1.54) is 7.05 Å². The van der Waals surface area contributed by atoms with Crippen LogP contribution < -0.4 is 10.6 Å². The van der Waals surface area contributed by atoms with Crippen molar-refractivity contribution < 1.29 is 13.9 Å². The quantitative estimate of drug-likeness (QED) is 0.717. The molecule has 0 spiro atoms. The Morgan fingerprint density at radius 2 is 2.00 bits per heavy atom. The minimum Gasteiger partial charge on any atom is -0.396 e. The average Bonchev–Trinajstić information content (AvgIpc) is 2.31. The Labute approximate surface area is 99.1 Å². The van der Waals surface area contributed by atoms with E-state index in [1.54, 1.807) is 0 Å². The summed E-state index contributed by atoms with van der Waals surface area (Å²) in [5, 5.41) is 14.2. The number of anilines is 2. The molecule has 17 heavy (non-hydrogen) atoms. The van der Waals surface area contributed by atoms with Gasteiger partial charge >= 0.3 is 0 Å². The maximum atomic E-state index is 13.4. The van der Waals surface area contributed by atoms with Gasteiger partial charge in [-0.05, 0) is 12.8 Å². The molecule has 0 amide bonds. The second kappa shape index (κ2) is 6.34. The van der Waals surface area contributed by atoms with Crippen molar-refractivity contribution in [3.05, 3.63) is 17.7 Å². The zero-order valence-electron chi connectivity index (χ0n) is 9.93. The van der Waals surface area contributed by atoms with Gasteiger partial charge in [0.2, 0.25) is 0 Å². The number of aliphatic hydroxyl groups excluding tert-OH is 1. The summed E-state index contributed by atoms with van der Waals surface area (Å²) in [5.74, 6) is -1.48. The molecule has 0 fully saturated rings. The van der Waals surface area contributed by atoms with E-state index in [-0.39, 0.29) is 24.3 Å². The first-order valence-electron chi connectivity index (χ1n) is 5.53. The first-order valence-corrected chi connectivity index (χ1v) is 5.53. The van der Waals surface area contributed by atoms with Gasteiger partial charge in [-0.2, -0.15) is 0 Å². The van der Waals surface area contributed by atoms with Crippen molar-refractivity contribution in [2.75, 3.05) is 24.3 Å². The normalized spacial score (nSPS) is 12.3. The van der Waals surface area contributed by atoms with Crippen LogP contribution in [0.15, 0.2) is 6.07 Å². The minimum absolute atomic E-state index is 0.00366. The van der Waals surface area contributed by atoms with Crippen LogP contribution in [0.2, 0.25) is 0 Å². The van der Waals surface area contributed by atoms with Gasteiger partial charge in [-0.3, -0.25) is 0 Å². The van der Waals surface area contributed by atoms with Crippen LogP contribution in [0, 0.1) is 11.6 Å². The molecule has 0 aliphatic rings. The summed E-state index contributed by atoms with van der Waals surface area (Å²) in [4.78, 5) is 3.81. The molecule has 0 aliphatic heterocycles. The minimum atomic E-state index is -0.738. The highest BCUT2D eigenvalue weighted by Gasteiger charge is 2.14. The molecule has 1 atom stereocenters. The van der Waals surface area contributed by atoms with Crippen LogP contribution in [0.1, 0.15) is 19.8 Å². The number of nitrogens with zero attached hydrogens (tertiary/aromatic N) is 1. The molecule has 3 N–H and O–H groups in total. The van der Waals surface area contributed by atoms with Crippen molar-refractivity contribution in [3.63, 3.8) is 0 Å². The molecule has 6 heteroatoms. The van der Waals surface area contributed by atoms with Gasteiger partial charge in [0.25, 0.3) is 0 Å². The van der Waals surface area contributed by atoms with E-state index in [0.29, 0.717) is 12.8 Å². The van der Waals surface area contributed by atoms with Crippen molar-refractivity contribution >= 4 is 11.6 Å². The van der Waals surface area contributed by atoms with Gasteiger partial charge in [-0.1, -0.05) is 6.92 Å². The van der Waals surface area contributed by atoms with Crippen LogP contribution in [-0.2, 0) is 0 Å². The molecule has 4 nitrogen and oxygen atoms in total. The first kappa shape index (κ1) is 13.6. The molecule has 0 radical (unpaired) electrons. The fraction of sp³-hybridized carbons (Fsp3) is 0.545. The zero-order chi connectivity index (χ0) is 12.8. The summed E-state index contributed by atoms with van der Waals surface area (Å²) in [6.45, 7) is 1.92. The van der Waals surface area contributed by atoms with Gasteiger partial charge < -0.3 is 15.7 Å². The Morgan fingerprint density at radius 3 is 2.53 bits per heavy atom. The maximum Gasteiger partial charge on any atom is 0.168 e. The molecule has 1 heterocycles. The van der Waals surface area contributed by atoms with E-state index in [2.05, 4.69) is 15.6 Å². The number of aromatic nitrogens is 1. The third-order valence-corrected chi connectivity index (χ3v) is 2.48. The van der Waals surface area contributed by atoms with Crippen molar-refractivity contribution in [1.82, 2.24) is 4.98 Å². The molecular weight excluding hydrogens is 228 g/mol. The van der Waals surface area contributed by atoms with Gasteiger partial charge in [0.05, 0.1) is 0 Å². The lowest BCUT2D eigenvalue weighted by Crippen LogP contribution is -2.21. The van der Waals surface area contributed by atoms with Crippen LogP contribution in [0.5, 0.6) is 0 Å². The van der Waals surface area contributed by atoms with E-state index in [0.717, 1.165) is 6.07 Å². The van der Waals surface area contributed by atoms with E-state index in [9.17, 15) is 8.78 Å². The van der Waals surface area contributed by atoms with Gasteiger partial charge in [0, 0.05) is 25.8 Å². The SMILES string of the molecule is CCC(CCO)Nc1nc(NC)c(F)cc1F. The average molecular weight is 245 g/mol. The Hall–Kier alpha value is -1.43. The van der Waals surface area contributed by atoms with Gasteiger partial charge in [0.1, 0.15) is 0 Å². The molecule has 0 saturated heterocycles. The Kier molecular flexibility index (Phi) is 5.09. The molecule has 0 saturated carbocycles. The smallest absolute Gasteiger partial charge is 0.168 e. The third-order valence-electron chi connectivity index (χ3n) is 2.48. The number of hydrogen-bond acceptors (Lipinski definition) is 4. The fourth-order valence-electron chi connectivity index (χ4n) is 1.47. The topological polar surface area (TPSA) is 57.2 Å². The summed E-state index contributed by atoms with van der Waals surface area (Å²) < 4.78 is 26.6. The summed E-state index contributed by atoms with van der Waals surface area (Å²) >= 11 is 0.